The molecule has 1 unspecified atom stereocenters. The minimum Gasteiger partial charge on any atom is -0.296 e. The summed E-state index contributed by atoms with van der Waals surface area (Å²) in [5, 5.41) is 16.5. The number of carbonyl (C=O) groups is 1. The minimum absolute atomic E-state index is 0.00152. The standard InChI is InChI=1S/C15H9Cl2FN4O2S2/c16-11-6-9(26(19)24)5-10(12(11)17)13(23)20-15-22-21-14(25-15)7-1-3-8(18)4-2-7/h1-6H,19H2,(H,20,22,23). The van der Waals surface area contributed by atoms with Crippen LogP contribution in [0, 0.1) is 5.82 Å². The SMILES string of the molecule is NS(=O)c1cc(Cl)c(Cl)c(C(=O)Nc2nnc(-c3ccc(F)cc3)s2)c1. The van der Waals surface area contributed by atoms with Crippen LogP contribution in [0.15, 0.2) is 41.3 Å². The summed E-state index contributed by atoms with van der Waals surface area (Å²) in [5.74, 6) is -0.971. The van der Waals surface area contributed by atoms with Gasteiger partial charge in [-0.2, -0.15) is 0 Å². The van der Waals surface area contributed by atoms with Crippen molar-refractivity contribution in [3.63, 3.8) is 0 Å². The van der Waals surface area contributed by atoms with Crippen LogP contribution in [0.2, 0.25) is 10.0 Å². The molecule has 3 rings (SSSR count). The molecule has 26 heavy (non-hydrogen) atoms. The van der Waals surface area contributed by atoms with Crippen molar-refractivity contribution in [2.45, 2.75) is 4.90 Å². The maximum atomic E-state index is 13.0. The molecule has 0 saturated heterocycles. The predicted octanol–water partition coefficient (Wildman–Crippen LogP) is 3.88. The average Bonchev–Trinajstić information content (AvgIpc) is 3.06. The zero-order chi connectivity index (χ0) is 18.8. The quantitative estimate of drug-likeness (QED) is 0.655. The molecule has 6 nitrogen and oxygen atoms in total. The average molecular weight is 431 g/mol. The Morgan fingerprint density at radius 2 is 1.88 bits per heavy atom. The maximum Gasteiger partial charge on any atom is 0.259 e. The number of nitrogens with one attached hydrogen (secondary N) is 1. The van der Waals surface area contributed by atoms with Crippen LogP contribution in [0.1, 0.15) is 10.4 Å². The molecule has 134 valence electrons. The first-order chi connectivity index (χ1) is 12.3. The fourth-order valence-electron chi connectivity index (χ4n) is 1.99. The molecule has 1 atom stereocenters. The number of anilines is 1. The monoisotopic (exact) mass is 430 g/mol. The summed E-state index contributed by atoms with van der Waals surface area (Å²) >= 11 is 13.1. The van der Waals surface area contributed by atoms with Gasteiger partial charge in [0.05, 0.1) is 20.5 Å². The Kier molecular flexibility index (Phi) is 5.64. The van der Waals surface area contributed by atoms with Crippen LogP contribution in [-0.2, 0) is 11.0 Å². The van der Waals surface area contributed by atoms with Gasteiger partial charge in [0.15, 0.2) is 0 Å². The van der Waals surface area contributed by atoms with Crippen LogP contribution in [0.3, 0.4) is 0 Å². The highest BCUT2D eigenvalue weighted by atomic mass is 35.5. The normalized spacial score (nSPS) is 12.0. The highest BCUT2D eigenvalue weighted by Gasteiger charge is 2.18. The van der Waals surface area contributed by atoms with E-state index in [1.54, 1.807) is 12.1 Å². The smallest absolute Gasteiger partial charge is 0.259 e. The Hall–Kier alpha value is -1.91. The summed E-state index contributed by atoms with van der Waals surface area (Å²) in [6.45, 7) is 0. The molecular formula is C15H9Cl2FN4O2S2. The van der Waals surface area contributed by atoms with Gasteiger partial charge in [0, 0.05) is 5.56 Å². The molecule has 0 radical (unpaired) electrons. The second kappa shape index (κ2) is 7.77. The number of amides is 1. The van der Waals surface area contributed by atoms with Crippen molar-refractivity contribution in [1.82, 2.24) is 10.2 Å². The summed E-state index contributed by atoms with van der Waals surface area (Å²) in [7, 11) is -1.82. The first kappa shape index (κ1) is 18.9. The Morgan fingerprint density at radius 3 is 2.54 bits per heavy atom. The molecule has 11 heteroatoms. The van der Waals surface area contributed by atoms with E-state index in [1.165, 1.54) is 24.3 Å². The Balaban J connectivity index is 1.85. The van der Waals surface area contributed by atoms with Crippen LogP contribution >= 0.6 is 34.5 Å². The number of halogens is 3. The molecule has 0 aliphatic rings. The van der Waals surface area contributed by atoms with Crippen LogP contribution < -0.4 is 10.5 Å². The molecule has 0 aliphatic carbocycles. The zero-order valence-electron chi connectivity index (χ0n) is 12.7. The van der Waals surface area contributed by atoms with Crippen LogP contribution in [0.25, 0.3) is 10.6 Å². The molecule has 0 bridgehead atoms. The molecular weight excluding hydrogens is 422 g/mol. The molecule has 1 amide bonds. The number of hydrogen-bond donors (Lipinski definition) is 2. The number of nitrogens with two attached hydrogens (primary N) is 1. The molecule has 3 N–H and O–H groups in total. The number of benzene rings is 2. The lowest BCUT2D eigenvalue weighted by molar-refractivity contribution is 0.102. The van der Waals surface area contributed by atoms with Gasteiger partial charge in [0.25, 0.3) is 5.91 Å². The van der Waals surface area contributed by atoms with Gasteiger partial charge in [-0.15, -0.1) is 10.2 Å². The molecule has 1 aromatic heterocycles. The first-order valence-corrected chi connectivity index (χ1v) is 9.69. The third-order valence-corrected chi connectivity index (χ3v) is 5.61. The van der Waals surface area contributed by atoms with Crippen molar-refractivity contribution < 1.29 is 13.4 Å². The lowest BCUT2D eigenvalue weighted by atomic mass is 10.2. The molecule has 1 heterocycles. The van der Waals surface area contributed by atoms with Gasteiger partial charge in [-0.25, -0.2) is 13.7 Å². The van der Waals surface area contributed by atoms with E-state index in [1.807, 2.05) is 0 Å². The summed E-state index contributed by atoms with van der Waals surface area (Å²) in [6.07, 6.45) is 0. The summed E-state index contributed by atoms with van der Waals surface area (Å²) < 4.78 is 24.4. The second-order valence-corrected chi connectivity index (χ2v) is 7.77. The van der Waals surface area contributed by atoms with E-state index in [-0.39, 0.29) is 31.5 Å². The van der Waals surface area contributed by atoms with Crippen LogP contribution in [0.4, 0.5) is 9.52 Å². The second-order valence-electron chi connectivity index (χ2n) is 4.94. The van der Waals surface area contributed by atoms with Crippen molar-refractivity contribution in [3.05, 3.63) is 57.8 Å². The zero-order valence-corrected chi connectivity index (χ0v) is 15.8. The van der Waals surface area contributed by atoms with Gasteiger partial charge in [-0.3, -0.25) is 10.1 Å². The third-order valence-electron chi connectivity index (χ3n) is 3.22. The van der Waals surface area contributed by atoms with Crippen LogP contribution in [-0.4, -0.2) is 20.3 Å². The number of aromatic nitrogens is 2. The predicted molar refractivity (Wildman–Crippen MR) is 100 cm³/mol. The molecule has 3 aromatic rings. The van der Waals surface area contributed by atoms with Gasteiger partial charge >= 0.3 is 0 Å². The van der Waals surface area contributed by atoms with Gasteiger partial charge in [0.2, 0.25) is 5.13 Å². The number of hydrogen-bond acceptors (Lipinski definition) is 5. The molecule has 0 spiro atoms. The lowest BCUT2D eigenvalue weighted by Gasteiger charge is -2.07. The largest absolute Gasteiger partial charge is 0.296 e. The van der Waals surface area contributed by atoms with Crippen molar-refractivity contribution in [1.29, 1.82) is 0 Å². The summed E-state index contributed by atoms with van der Waals surface area (Å²) in [4.78, 5) is 12.6. The molecule has 2 aromatic carbocycles. The van der Waals surface area contributed by atoms with E-state index in [0.717, 1.165) is 11.3 Å². The lowest BCUT2D eigenvalue weighted by Crippen LogP contribution is -2.14. The van der Waals surface area contributed by atoms with E-state index in [9.17, 15) is 13.4 Å². The third kappa shape index (κ3) is 4.08. The Morgan fingerprint density at radius 1 is 1.19 bits per heavy atom. The van der Waals surface area contributed by atoms with E-state index in [2.05, 4.69) is 15.5 Å². The van der Waals surface area contributed by atoms with E-state index in [0.29, 0.717) is 10.6 Å². The Labute approximate surface area is 163 Å². The van der Waals surface area contributed by atoms with E-state index in [4.69, 9.17) is 28.3 Å². The van der Waals surface area contributed by atoms with Gasteiger partial charge in [-0.05, 0) is 36.4 Å². The van der Waals surface area contributed by atoms with E-state index < -0.39 is 16.9 Å². The van der Waals surface area contributed by atoms with Gasteiger partial charge < -0.3 is 0 Å². The fourth-order valence-corrected chi connectivity index (χ4v) is 3.68. The number of rotatable bonds is 4. The topological polar surface area (TPSA) is 98.0 Å². The fraction of sp³-hybridized carbons (Fsp3) is 0. The number of nitrogens with zero attached hydrogens (tertiary/aromatic N) is 2. The van der Waals surface area contributed by atoms with Crippen molar-refractivity contribution in [2.75, 3.05) is 5.32 Å². The molecule has 0 fully saturated rings. The highest BCUT2D eigenvalue weighted by molar-refractivity contribution is 7.82. The van der Waals surface area contributed by atoms with Crippen molar-refractivity contribution in [2.24, 2.45) is 5.14 Å². The Bertz CT molecular complexity index is 1010. The van der Waals surface area contributed by atoms with Crippen molar-refractivity contribution in [3.8, 4) is 10.6 Å². The summed E-state index contributed by atoms with van der Waals surface area (Å²) in [5.41, 5.74) is 0.664. The number of carbonyl (C=O) groups excluding carboxylic acids is 1. The van der Waals surface area contributed by atoms with Gasteiger partial charge in [0.1, 0.15) is 21.8 Å². The molecule has 0 aliphatic heterocycles. The highest BCUT2D eigenvalue weighted by Crippen LogP contribution is 2.30. The summed E-state index contributed by atoms with van der Waals surface area (Å²) in [6, 6.07) is 8.33. The van der Waals surface area contributed by atoms with Crippen LogP contribution in [0.5, 0.6) is 0 Å². The minimum atomic E-state index is -1.82. The van der Waals surface area contributed by atoms with Crippen molar-refractivity contribution >= 4 is 56.6 Å². The van der Waals surface area contributed by atoms with E-state index >= 15 is 0 Å². The van der Waals surface area contributed by atoms with Gasteiger partial charge in [-0.1, -0.05) is 34.5 Å². The maximum absolute atomic E-state index is 13.0. The molecule has 0 saturated carbocycles. The first-order valence-electron chi connectivity index (χ1n) is 6.91.